The van der Waals surface area contributed by atoms with Gasteiger partial charge in [-0.05, 0) is 42.5 Å². The van der Waals surface area contributed by atoms with E-state index in [2.05, 4.69) is 20.8 Å². The monoisotopic (exact) mass is 508 g/mol. The molecule has 7 nitrogen and oxygen atoms in total. The molecule has 168 valence electrons. The summed E-state index contributed by atoms with van der Waals surface area (Å²) in [5, 5.41) is 1.56. The fraction of sp³-hybridized carbons (Fsp3) is 0.240. The minimum Gasteiger partial charge on any atom is -0.460 e. The zero-order valence-electron chi connectivity index (χ0n) is 17.8. The number of ether oxygens (including phenoxy) is 2. The van der Waals surface area contributed by atoms with Crippen molar-refractivity contribution in [2.24, 2.45) is 0 Å². The summed E-state index contributed by atoms with van der Waals surface area (Å²) in [4.78, 5) is 42.1. The van der Waals surface area contributed by atoms with Gasteiger partial charge in [-0.3, -0.25) is 14.5 Å². The fourth-order valence-electron chi connectivity index (χ4n) is 4.31. The number of halogens is 1. The number of hydrogen-bond donors (Lipinski definition) is 0. The zero-order chi connectivity index (χ0) is 22.9. The van der Waals surface area contributed by atoms with Crippen LogP contribution in [0, 0.1) is 0 Å². The molecule has 2 aliphatic rings. The highest BCUT2D eigenvalue weighted by Gasteiger charge is 2.33. The Balaban J connectivity index is 1.37. The van der Waals surface area contributed by atoms with E-state index in [9.17, 15) is 14.4 Å². The van der Waals surface area contributed by atoms with Gasteiger partial charge in [-0.1, -0.05) is 28.1 Å². The third-order valence-electron chi connectivity index (χ3n) is 5.95. The van der Waals surface area contributed by atoms with E-state index in [1.807, 2.05) is 18.2 Å². The van der Waals surface area contributed by atoms with E-state index >= 15 is 0 Å². The molecular formula is C25H21BrN2O5. The Bertz CT molecular complexity index is 1230. The summed E-state index contributed by atoms with van der Waals surface area (Å²) in [6.07, 6.45) is 0. The number of esters is 1. The number of anilines is 1. The Labute approximate surface area is 199 Å². The van der Waals surface area contributed by atoms with Crippen molar-refractivity contribution in [3.05, 3.63) is 75.8 Å². The van der Waals surface area contributed by atoms with E-state index in [4.69, 9.17) is 9.47 Å². The third kappa shape index (κ3) is 4.00. The molecule has 8 heteroatoms. The van der Waals surface area contributed by atoms with E-state index in [1.165, 1.54) is 0 Å². The van der Waals surface area contributed by atoms with Crippen LogP contribution < -0.4 is 4.90 Å². The van der Waals surface area contributed by atoms with Crippen LogP contribution >= 0.6 is 15.9 Å². The highest BCUT2D eigenvalue weighted by Crippen LogP contribution is 2.36. The lowest BCUT2D eigenvalue weighted by Gasteiger charge is -2.32. The molecule has 3 aromatic rings. The summed E-state index contributed by atoms with van der Waals surface area (Å²) < 4.78 is 11.6. The standard InChI is InChI=1S/C25H21BrN2O5/c26-17-6-4-16(5-7-17)25(31)33-15-12-28-23(29)19-3-1-2-18-21(27-10-13-32-14-11-27)9-8-20(22(18)19)24(28)30/h1-9H,10-15H2. The molecule has 0 atom stereocenters. The van der Waals surface area contributed by atoms with Gasteiger partial charge in [-0.25, -0.2) is 4.79 Å². The van der Waals surface area contributed by atoms with Crippen molar-refractivity contribution in [2.75, 3.05) is 44.4 Å². The quantitative estimate of drug-likeness (QED) is 0.384. The number of nitrogens with zero attached hydrogens (tertiary/aromatic N) is 2. The molecule has 0 spiro atoms. The number of morpholine rings is 1. The van der Waals surface area contributed by atoms with Gasteiger partial charge in [0.2, 0.25) is 0 Å². The molecule has 1 saturated heterocycles. The summed E-state index contributed by atoms with van der Waals surface area (Å²) in [5.41, 5.74) is 2.37. The van der Waals surface area contributed by atoms with Crippen molar-refractivity contribution >= 4 is 50.2 Å². The number of carbonyl (C=O) groups excluding carboxylic acids is 3. The average molecular weight is 509 g/mol. The highest BCUT2D eigenvalue weighted by molar-refractivity contribution is 9.10. The summed E-state index contributed by atoms with van der Waals surface area (Å²) in [6, 6.07) is 16.0. The van der Waals surface area contributed by atoms with Crippen LogP contribution in [-0.2, 0) is 9.47 Å². The van der Waals surface area contributed by atoms with Gasteiger partial charge in [0.05, 0.1) is 25.3 Å². The Hall–Kier alpha value is -3.23. The Kier molecular flexibility index (Phi) is 5.86. The predicted octanol–water partition coefficient (Wildman–Crippen LogP) is 3.89. The topological polar surface area (TPSA) is 76.2 Å². The summed E-state index contributed by atoms with van der Waals surface area (Å²) in [5.74, 6) is -1.26. The van der Waals surface area contributed by atoms with Gasteiger partial charge in [-0.15, -0.1) is 0 Å². The summed E-state index contributed by atoms with van der Waals surface area (Å²) in [7, 11) is 0. The molecule has 2 amide bonds. The van der Waals surface area contributed by atoms with Crippen LogP contribution in [-0.4, -0.2) is 62.1 Å². The number of imide groups is 1. The highest BCUT2D eigenvalue weighted by atomic mass is 79.9. The van der Waals surface area contributed by atoms with Gasteiger partial charge in [0.15, 0.2) is 0 Å². The molecule has 0 aliphatic carbocycles. The van der Waals surface area contributed by atoms with Crippen LogP contribution in [0.15, 0.2) is 59.1 Å². The normalized spacial score (nSPS) is 15.8. The summed E-state index contributed by atoms with van der Waals surface area (Å²) >= 11 is 3.32. The van der Waals surface area contributed by atoms with Gasteiger partial charge >= 0.3 is 5.97 Å². The SMILES string of the molecule is O=C(OCCN1C(=O)c2cccc3c(N4CCOCC4)ccc(c23)C1=O)c1ccc(Br)cc1. The molecule has 2 heterocycles. The fourth-order valence-corrected chi connectivity index (χ4v) is 4.58. The lowest BCUT2D eigenvalue weighted by atomic mass is 9.92. The second kappa shape index (κ2) is 8.96. The number of carbonyl (C=O) groups is 3. The minimum absolute atomic E-state index is 0.0129. The molecule has 33 heavy (non-hydrogen) atoms. The van der Waals surface area contributed by atoms with Crippen molar-refractivity contribution in [3.8, 4) is 0 Å². The van der Waals surface area contributed by atoms with Gasteiger partial charge < -0.3 is 14.4 Å². The molecule has 0 N–H and O–H groups in total. The van der Waals surface area contributed by atoms with Crippen LogP contribution in [0.1, 0.15) is 31.1 Å². The minimum atomic E-state index is -0.503. The first-order chi connectivity index (χ1) is 16.0. The first-order valence-corrected chi connectivity index (χ1v) is 11.5. The lowest BCUT2D eigenvalue weighted by Crippen LogP contribution is -2.42. The predicted molar refractivity (Wildman–Crippen MR) is 127 cm³/mol. The van der Waals surface area contributed by atoms with Gasteiger partial charge in [-0.2, -0.15) is 0 Å². The van der Waals surface area contributed by atoms with Crippen LogP contribution in [0.4, 0.5) is 5.69 Å². The molecule has 1 fully saturated rings. The van der Waals surface area contributed by atoms with Gasteiger partial charge in [0.1, 0.15) is 6.61 Å². The van der Waals surface area contributed by atoms with Gasteiger partial charge in [0, 0.05) is 45.1 Å². The molecule has 2 aliphatic heterocycles. The maximum absolute atomic E-state index is 13.2. The molecule has 0 aromatic heterocycles. The van der Waals surface area contributed by atoms with Gasteiger partial charge in [0.25, 0.3) is 11.8 Å². The van der Waals surface area contributed by atoms with Crippen molar-refractivity contribution < 1.29 is 23.9 Å². The number of hydrogen-bond acceptors (Lipinski definition) is 6. The Morgan fingerprint density at radius 2 is 1.64 bits per heavy atom. The number of rotatable bonds is 5. The molecular weight excluding hydrogens is 488 g/mol. The van der Waals surface area contributed by atoms with Crippen LogP contribution in [0.2, 0.25) is 0 Å². The van der Waals surface area contributed by atoms with Crippen LogP contribution in [0.3, 0.4) is 0 Å². The number of benzene rings is 3. The van der Waals surface area contributed by atoms with Crippen molar-refractivity contribution in [1.82, 2.24) is 4.90 Å². The molecule has 0 unspecified atom stereocenters. The zero-order valence-corrected chi connectivity index (χ0v) is 19.3. The van der Waals surface area contributed by atoms with E-state index in [0.717, 1.165) is 33.5 Å². The molecule has 0 radical (unpaired) electrons. The van der Waals surface area contributed by atoms with Crippen LogP contribution in [0.25, 0.3) is 10.8 Å². The molecule has 0 bridgehead atoms. The van der Waals surface area contributed by atoms with E-state index in [0.29, 0.717) is 35.3 Å². The molecule has 5 rings (SSSR count). The lowest BCUT2D eigenvalue weighted by molar-refractivity contribution is 0.0405. The van der Waals surface area contributed by atoms with Crippen molar-refractivity contribution in [2.45, 2.75) is 0 Å². The van der Waals surface area contributed by atoms with Crippen molar-refractivity contribution in [1.29, 1.82) is 0 Å². The smallest absolute Gasteiger partial charge is 0.338 e. The Morgan fingerprint density at radius 1 is 0.939 bits per heavy atom. The molecule has 3 aromatic carbocycles. The third-order valence-corrected chi connectivity index (χ3v) is 6.48. The van der Waals surface area contributed by atoms with E-state index < -0.39 is 5.97 Å². The Morgan fingerprint density at radius 3 is 2.36 bits per heavy atom. The second-order valence-electron chi connectivity index (χ2n) is 7.86. The van der Waals surface area contributed by atoms with Crippen molar-refractivity contribution in [3.63, 3.8) is 0 Å². The average Bonchev–Trinajstić information content (AvgIpc) is 2.85. The number of amides is 2. The first kappa shape index (κ1) is 21.6. The first-order valence-electron chi connectivity index (χ1n) is 10.7. The van der Waals surface area contributed by atoms with Crippen LogP contribution in [0.5, 0.6) is 0 Å². The second-order valence-corrected chi connectivity index (χ2v) is 8.78. The largest absolute Gasteiger partial charge is 0.460 e. The maximum Gasteiger partial charge on any atom is 0.338 e. The summed E-state index contributed by atoms with van der Waals surface area (Å²) in [6.45, 7) is 2.72. The van der Waals surface area contributed by atoms with E-state index in [-0.39, 0.29) is 25.0 Å². The maximum atomic E-state index is 13.2. The van der Waals surface area contributed by atoms with E-state index in [1.54, 1.807) is 36.4 Å². The molecule has 0 saturated carbocycles.